The molecule has 0 saturated carbocycles. The van der Waals surface area contributed by atoms with Crippen LogP contribution in [0.15, 0.2) is 55.1 Å². The van der Waals surface area contributed by atoms with Crippen molar-refractivity contribution in [1.29, 1.82) is 0 Å². The molecule has 1 aromatic carbocycles. The normalized spacial score (nSPS) is 12.5. The van der Waals surface area contributed by atoms with E-state index in [2.05, 4.69) is 20.5 Å². The van der Waals surface area contributed by atoms with Gasteiger partial charge in [0.2, 0.25) is 12.7 Å². The third-order valence-corrected chi connectivity index (χ3v) is 3.72. The summed E-state index contributed by atoms with van der Waals surface area (Å²) < 4.78 is 10.5. The number of nitrogens with zero attached hydrogens (tertiary/aromatic N) is 2. The smallest absolute Gasteiger partial charge is 0.248 e. The number of aromatic nitrogens is 3. The summed E-state index contributed by atoms with van der Waals surface area (Å²) in [7, 11) is 0. The number of hydrogen-bond donors (Lipinski definition) is 2. The molecule has 0 aliphatic carbocycles. The zero-order chi connectivity index (χ0) is 17.1. The molecule has 2 aromatic heterocycles. The predicted molar refractivity (Wildman–Crippen MR) is 92.0 cm³/mol. The van der Waals surface area contributed by atoms with Gasteiger partial charge in [-0.1, -0.05) is 0 Å². The van der Waals surface area contributed by atoms with Gasteiger partial charge in [0.15, 0.2) is 11.5 Å². The molecule has 3 aromatic rings. The standard InChI is InChI=1S/C18H14N4O3/c23-18(22-14-2-3-16-17(7-14)25-11-24-16)4-1-12-8-19-6-5-15(12)13-9-20-21-10-13/h1-10H,11H2,(H,20,21)(H,22,23)/b4-1+. The Bertz CT molecular complexity index is 935. The average molecular weight is 334 g/mol. The predicted octanol–water partition coefficient (Wildman–Crippen LogP) is 2.85. The molecule has 0 bridgehead atoms. The van der Waals surface area contributed by atoms with Crippen molar-refractivity contribution in [2.24, 2.45) is 0 Å². The summed E-state index contributed by atoms with van der Waals surface area (Å²) in [5.41, 5.74) is 3.33. The van der Waals surface area contributed by atoms with Gasteiger partial charge in [-0.15, -0.1) is 0 Å². The number of amides is 1. The first-order chi connectivity index (χ1) is 12.3. The first-order valence-corrected chi connectivity index (χ1v) is 7.61. The fourth-order valence-electron chi connectivity index (χ4n) is 2.52. The van der Waals surface area contributed by atoms with Gasteiger partial charge in [0.05, 0.1) is 6.20 Å². The Hall–Kier alpha value is -3.61. The summed E-state index contributed by atoms with van der Waals surface area (Å²) in [5.74, 6) is 1.05. The largest absolute Gasteiger partial charge is 0.454 e. The fourth-order valence-corrected chi connectivity index (χ4v) is 2.52. The van der Waals surface area contributed by atoms with E-state index >= 15 is 0 Å². The number of carbonyl (C=O) groups is 1. The first-order valence-electron chi connectivity index (χ1n) is 7.61. The second kappa shape index (κ2) is 6.48. The van der Waals surface area contributed by atoms with Crippen LogP contribution in [0.4, 0.5) is 5.69 Å². The maximum absolute atomic E-state index is 12.2. The van der Waals surface area contributed by atoms with Gasteiger partial charge < -0.3 is 14.8 Å². The van der Waals surface area contributed by atoms with Crippen molar-refractivity contribution >= 4 is 17.7 Å². The number of rotatable bonds is 4. The van der Waals surface area contributed by atoms with Crippen molar-refractivity contribution in [2.75, 3.05) is 12.1 Å². The number of hydrogen-bond acceptors (Lipinski definition) is 5. The molecule has 1 aliphatic rings. The van der Waals surface area contributed by atoms with Crippen molar-refractivity contribution in [3.63, 3.8) is 0 Å². The summed E-state index contributed by atoms with van der Waals surface area (Å²) in [4.78, 5) is 16.3. The highest BCUT2D eigenvalue weighted by atomic mass is 16.7. The van der Waals surface area contributed by atoms with Crippen LogP contribution in [0.5, 0.6) is 11.5 Å². The molecule has 1 amide bonds. The van der Waals surface area contributed by atoms with Crippen LogP contribution < -0.4 is 14.8 Å². The Balaban J connectivity index is 1.50. The van der Waals surface area contributed by atoms with Gasteiger partial charge in [-0.2, -0.15) is 5.10 Å². The fraction of sp³-hybridized carbons (Fsp3) is 0.0556. The van der Waals surface area contributed by atoms with Crippen LogP contribution in [0.25, 0.3) is 17.2 Å². The third-order valence-electron chi connectivity index (χ3n) is 3.72. The van der Waals surface area contributed by atoms with E-state index in [-0.39, 0.29) is 12.7 Å². The lowest BCUT2D eigenvalue weighted by Crippen LogP contribution is -2.07. The lowest BCUT2D eigenvalue weighted by molar-refractivity contribution is -0.111. The van der Waals surface area contributed by atoms with Crippen LogP contribution in [0.1, 0.15) is 5.56 Å². The van der Waals surface area contributed by atoms with E-state index < -0.39 is 0 Å². The minimum absolute atomic E-state index is 0.199. The van der Waals surface area contributed by atoms with E-state index in [0.717, 1.165) is 16.7 Å². The number of pyridine rings is 1. The maximum atomic E-state index is 12.2. The molecule has 0 fully saturated rings. The van der Waals surface area contributed by atoms with Gasteiger partial charge in [-0.3, -0.25) is 14.9 Å². The molecule has 2 N–H and O–H groups in total. The topological polar surface area (TPSA) is 89.1 Å². The van der Waals surface area contributed by atoms with E-state index in [1.54, 1.807) is 49.1 Å². The molecular formula is C18H14N4O3. The van der Waals surface area contributed by atoms with Crippen LogP contribution >= 0.6 is 0 Å². The van der Waals surface area contributed by atoms with Gasteiger partial charge in [0.1, 0.15) is 0 Å². The van der Waals surface area contributed by atoms with Crippen LogP contribution in [-0.2, 0) is 4.79 Å². The lowest BCUT2D eigenvalue weighted by Gasteiger charge is -2.04. The Labute approximate surface area is 143 Å². The van der Waals surface area contributed by atoms with Gasteiger partial charge in [-0.05, 0) is 29.8 Å². The Morgan fingerprint density at radius 2 is 2.12 bits per heavy atom. The lowest BCUT2D eigenvalue weighted by atomic mass is 10.0. The maximum Gasteiger partial charge on any atom is 0.248 e. The first kappa shape index (κ1) is 14.9. The number of nitrogens with one attached hydrogen (secondary N) is 2. The van der Waals surface area contributed by atoms with Crippen LogP contribution in [0, 0.1) is 0 Å². The van der Waals surface area contributed by atoms with Crippen LogP contribution in [0.3, 0.4) is 0 Å². The molecule has 0 saturated heterocycles. The van der Waals surface area contributed by atoms with Crippen molar-refractivity contribution in [1.82, 2.24) is 15.2 Å². The number of fused-ring (bicyclic) bond motifs is 1. The molecule has 0 unspecified atom stereocenters. The molecular weight excluding hydrogens is 320 g/mol. The molecule has 0 atom stereocenters. The molecule has 1 aliphatic heterocycles. The van der Waals surface area contributed by atoms with Crippen molar-refractivity contribution < 1.29 is 14.3 Å². The average Bonchev–Trinajstić information content (AvgIpc) is 3.31. The number of anilines is 1. The Kier molecular flexibility index (Phi) is 3.88. The molecule has 3 heterocycles. The highest BCUT2D eigenvalue weighted by molar-refractivity contribution is 6.02. The number of benzene rings is 1. The zero-order valence-corrected chi connectivity index (χ0v) is 13.1. The second-order valence-corrected chi connectivity index (χ2v) is 5.34. The third kappa shape index (κ3) is 3.20. The zero-order valence-electron chi connectivity index (χ0n) is 13.1. The molecule has 4 rings (SSSR count). The molecule has 7 heteroatoms. The van der Waals surface area contributed by atoms with Gasteiger partial charge in [-0.25, -0.2) is 0 Å². The van der Waals surface area contributed by atoms with Crippen molar-refractivity contribution in [2.45, 2.75) is 0 Å². The molecule has 0 radical (unpaired) electrons. The highest BCUT2D eigenvalue weighted by Gasteiger charge is 2.13. The van der Waals surface area contributed by atoms with E-state index in [1.165, 1.54) is 6.08 Å². The highest BCUT2D eigenvalue weighted by Crippen LogP contribution is 2.34. The Morgan fingerprint density at radius 1 is 1.20 bits per heavy atom. The van der Waals surface area contributed by atoms with E-state index in [1.807, 2.05) is 6.07 Å². The minimum Gasteiger partial charge on any atom is -0.454 e. The number of H-pyrrole nitrogens is 1. The van der Waals surface area contributed by atoms with Crippen LogP contribution in [-0.4, -0.2) is 27.9 Å². The number of carbonyl (C=O) groups excluding carboxylic acids is 1. The van der Waals surface area contributed by atoms with E-state index in [9.17, 15) is 4.79 Å². The molecule has 0 spiro atoms. The second-order valence-electron chi connectivity index (χ2n) is 5.34. The van der Waals surface area contributed by atoms with Crippen molar-refractivity contribution in [3.05, 3.63) is 60.7 Å². The number of ether oxygens (including phenoxy) is 2. The monoisotopic (exact) mass is 334 g/mol. The number of aromatic amines is 1. The molecule has 7 nitrogen and oxygen atoms in total. The quantitative estimate of drug-likeness (QED) is 0.716. The summed E-state index contributed by atoms with van der Waals surface area (Å²) in [6.07, 6.45) is 10.1. The minimum atomic E-state index is -0.249. The van der Waals surface area contributed by atoms with Gasteiger partial charge in [0.25, 0.3) is 0 Å². The van der Waals surface area contributed by atoms with Crippen LogP contribution in [0.2, 0.25) is 0 Å². The van der Waals surface area contributed by atoms with E-state index in [0.29, 0.717) is 17.2 Å². The summed E-state index contributed by atoms with van der Waals surface area (Å²) in [5, 5.41) is 9.52. The molecule has 25 heavy (non-hydrogen) atoms. The van der Waals surface area contributed by atoms with Gasteiger partial charge >= 0.3 is 0 Å². The summed E-state index contributed by atoms with van der Waals surface area (Å²) in [6.45, 7) is 0.199. The van der Waals surface area contributed by atoms with Crippen molar-refractivity contribution in [3.8, 4) is 22.6 Å². The van der Waals surface area contributed by atoms with Gasteiger partial charge in [0, 0.05) is 47.5 Å². The SMILES string of the molecule is O=C(/C=C/c1cnccc1-c1cn[nH]c1)Nc1ccc2c(c1)OCO2. The molecule has 124 valence electrons. The summed E-state index contributed by atoms with van der Waals surface area (Å²) >= 11 is 0. The van der Waals surface area contributed by atoms with E-state index in [4.69, 9.17) is 9.47 Å². The summed E-state index contributed by atoms with van der Waals surface area (Å²) in [6, 6.07) is 7.13. The Morgan fingerprint density at radius 3 is 3.00 bits per heavy atom.